The van der Waals surface area contributed by atoms with Gasteiger partial charge in [0.05, 0.1) is 6.10 Å². The SMILES string of the molecule is CCCCC[C@@H](/C=C/[C@H]1[C@H](O)CC(=O)[C@@H]1C1C[C@H](C)CCC1C(C)C)OC(C)=O. The number of carbonyl (C=O) groups excluding carboxylic acids is 2. The fourth-order valence-corrected chi connectivity index (χ4v) is 5.65. The largest absolute Gasteiger partial charge is 0.458 e. The third-order valence-corrected chi connectivity index (χ3v) is 7.13. The van der Waals surface area contributed by atoms with E-state index in [0.29, 0.717) is 23.7 Å². The fourth-order valence-electron chi connectivity index (χ4n) is 5.65. The highest BCUT2D eigenvalue weighted by molar-refractivity contribution is 5.85. The number of ether oxygens (including phenoxy) is 1. The minimum Gasteiger partial charge on any atom is -0.458 e. The van der Waals surface area contributed by atoms with Gasteiger partial charge in [-0.3, -0.25) is 9.59 Å². The molecule has 1 N–H and O–H groups in total. The van der Waals surface area contributed by atoms with Crippen LogP contribution in [0.2, 0.25) is 0 Å². The van der Waals surface area contributed by atoms with E-state index in [2.05, 4.69) is 27.7 Å². The highest BCUT2D eigenvalue weighted by atomic mass is 16.5. The molecule has 0 aliphatic heterocycles. The Morgan fingerprint density at radius 3 is 2.62 bits per heavy atom. The van der Waals surface area contributed by atoms with E-state index in [1.807, 2.05) is 12.2 Å². The number of hydrogen-bond donors (Lipinski definition) is 1. The highest BCUT2D eigenvalue weighted by Gasteiger charge is 2.48. The van der Waals surface area contributed by atoms with Crippen LogP contribution in [0.3, 0.4) is 0 Å². The maximum Gasteiger partial charge on any atom is 0.303 e. The van der Waals surface area contributed by atoms with Gasteiger partial charge in [-0.25, -0.2) is 0 Å². The summed E-state index contributed by atoms with van der Waals surface area (Å²) in [4.78, 5) is 24.4. The number of esters is 1. The number of ketones is 1. The smallest absolute Gasteiger partial charge is 0.303 e. The van der Waals surface area contributed by atoms with Crippen LogP contribution in [0, 0.1) is 35.5 Å². The predicted molar refractivity (Wildman–Crippen MR) is 116 cm³/mol. The molecule has 0 amide bonds. The van der Waals surface area contributed by atoms with E-state index < -0.39 is 6.10 Å². The van der Waals surface area contributed by atoms with Gasteiger partial charge in [-0.05, 0) is 55.4 Å². The molecule has 166 valence electrons. The maximum absolute atomic E-state index is 12.9. The van der Waals surface area contributed by atoms with Crippen LogP contribution in [0.1, 0.15) is 86.0 Å². The lowest BCUT2D eigenvalue weighted by atomic mass is 9.63. The average Bonchev–Trinajstić information content (AvgIpc) is 2.92. The second-order valence-corrected chi connectivity index (χ2v) is 9.86. The van der Waals surface area contributed by atoms with Gasteiger partial charge in [0, 0.05) is 25.2 Å². The average molecular weight is 407 g/mol. The van der Waals surface area contributed by atoms with E-state index in [9.17, 15) is 14.7 Å². The first-order chi connectivity index (χ1) is 13.7. The number of Topliss-reactive ketones (excluding diaryl/α,β-unsaturated/α-hetero) is 1. The Morgan fingerprint density at radius 2 is 2.00 bits per heavy atom. The lowest BCUT2D eigenvalue weighted by Crippen LogP contribution is -2.37. The summed E-state index contributed by atoms with van der Waals surface area (Å²) in [7, 11) is 0. The van der Waals surface area contributed by atoms with Crippen LogP contribution in [0.25, 0.3) is 0 Å². The van der Waals surface area contributed by atoms with Gasteiger partial charge in [0.25, 0.3) is 0 Å². The molecule has 0 saturated heterocycles. The molecule has 29 heavy (non-hydrogen) atoms. The van der Waals surface area contributed by atoms with Gasteiger partial charge in [0.15, 0.2) is 0 Å². The van der Waals surface area contributed by atoms with E-state index in [4.69, 9.17) is 4.74 Å². The van der Waals surface area contributed by atoms with Crippen LogP contribution < -0.4 is 0 Å². The van der Waals surface area contributed by atoms with Gasteiger partial charge >= 0.3 is 5.97 Å². The Kier molecular flexibility index (Phi) is 9.39. The van der Waals surface area contributed by atoms with Gasteiger partial charge < -0.3 is 9.84 Å². The minimum atomic E-state index is -0.623. The quantitative estimate of drug-likeness (QED) is 0.319. The third-order valence-electron chi connectivity index (χ3n) is 7.13. The van der Waals surface area contributed by atoms with Crippen LogP contribution in [0.5, 0.6) is 0 Å². The van der Waals surface area contributed by atoms with Crippen molar-refractivity contribution in [1.82, 2.24) is 0 Å². The van der Waals surface area contributed by atoms with E-state index in [0.717, 1.165) is 32.1 Å². The summed E-state index contributed by atoms with van der Waals surface area (Å²) in [6, 6.07) is 0. The third kappa shape index (κ3) is 6.67. The van der Waals surface area contributed by atoms with Crippen LogP contribution in [0.15, 0.2) is 12.2 Å². The molecular formula is C25H42O4. The van der Waals surface area contributed by atoms with Gasteiger partial charge in [0.2, 0.25) is 0 Å². The van der Waals surface area contributed by atoms with Crippen molar-refractivity contribution in [3.05, 3.63) is 12.2 Å². The zero-order valence-electron chi connectivity index (χ0n) is 19.1. The van der Waals surface area contributed by atoms with E-state index in [-0.39, 0.29) is 36.1 Å². The second-order valence-electron chi connectivity index (χ2n) is 9.86. The maximum atomic E-state index is 12.9. The van der Waals surface area contributed by atoms with Crippen LogP contribution in [-0.2, 0) is 14.3 Å². The minimum absolute atomic E-state index is 0.106. The highest BCUT2D eigenvalue weighted by Crippen LogP contribution is 2.48. The van der Waals surface area contributed by atoms with E-state index >= 15 is 0 Å². The van der Waals surface area contributed by atoms with Crippen molar-refractivity contribution in [1.29, 1.82) is 0 Å². The predicted octanol–water partition coefficient (Wildman–Crippen LogP) is 5.33. The van der Waals surface area contributed by atoms with Crippen molar-refractivity contribution < 1.29 is 19.4 Å². The fraction of sp³-hybridized carbons (Fsp3) is 0.840. The molecule has 0 spiro atoms. The van der Waals surface area contributed by atoms with Crippen molar-refractivity contribution in [2.75, 3.05) is 0 Å². The second kappa shape index (κ2) is 11.3. The van der Waals surface area contributed by atoms with Crippen molar-refractivity contribution in [3.8, 4) is 0 Å². The number of aliphatic hydroxyl groups is 1. The summed E-state index contributed by atoms with van der Waals surface area (Å²) < 4.78 is 5.48. The standard InChI is InChI=1S/C25H42O4/c1-6-7-8-9-19(29-18(5)26)11-13-21-23(27)15-24(28)25(21)22-14-17(4)10-12-20(22)16(2)3/h11,13,16-17,19-23,25,27H,6-10,12,14-15H2,1-5H3/b13-11+/t17-,19+,20?,21+,22?,23-,25+/m1/s1. The molecule has 4 heteroatoms. The summed E-state index contributed by atoms with van der Waals surface area (Å²) in [5.41, 5.74) is 0. The van der Waals surface area contributed by atoms with Crippen LogP contribution in [-0.4, -0.2) is 29.1 Å². The molecule has 4 nitrogen and oxygen atoms in total. The molecule has 2 aliphatic rings. The molecular weight excluding hydrogens is 364 g/mol. The Hall–Kier alpha value is -1.16. The summed E-state index contributed by atoms with van der Waals surface area (Å²) in [5.74, 6) is 1.72. The van der Waals surface area contributed by atoms with Gasteiger partial charge in [-0.2, -0.15) is 0 Å². The Balaban J connectivity index is 2.19. The van der Waals surface area contributed by atoms with E-state index in [1.54, 1.807) is 0 Å². The molecule has 2 fully saturated rings. The first-order valence-corrected chi connectivity index (χ1v) is 11.8. The zero-order chi connectivity index (χ0) is 21.6. The topological polar surface area (TPSA) is 63.6 Å². The Labute approximate surface area is 177 Å². The van der Waals surface area contributed by atoms with Gasteiger partial charge in [-0.15, -0.1) is 0 Å². The number of unbranched alkanes of at least 4 members (excludes halogenated alkanes) is 2. The first-order valence-electron chi connectivity index (χ1n) is 11.8. The molecule has 2 rings (SSSR count). The number of rotatable bonds is 9. The molecule has 0 radical (unpaired) electrons. The molecule has 7 atom stereocenters. The van der Waals surface area contributed by atoms with Gasteiger partial charge in [0.1, 0.15) is 11.9 Å². The molecule has 2 saturated carbocycles. The molecule has 0 aromatic heterocycles. The number of carbonyl (C=O) groups is 2. The number of hydrogen-bond acceptors (Lipinski definition) is 4. The molecule has 0 bridgehead atoms. The zero-order valence-corrected chi connectivity index (χ0v) is 19.1. The summed E-state index contributed by atoms with van der Waals surface area (Å²) in [5, 5.41) is 10.7. The van der Waals surface area contributed by atoms with Gasteiger partial charge in [-0.1, -0.05) is 53.0 Å². The van der Waals surface area contributed by atoms with E-state index in [1.165, 1.54) is 19.8 Å². The molecule has 2 aliphatic carbocycles. The van der Waals surface area contributed by atoms with Crippen molar-refractivity contribution in [2.24, 2.45) is 35.5 Å². The monoisotopic (exact) mass is 406 g/mol. The first kappa shape index (κ1) is 24.1. The molecule has 0 aromatic carbocycles. The van der Waals surface area contributed by atoms with Crippen LogP contribution >= 0.6 is 0 Å². The molecule has 2 unspecified atom stereocenters. The lowest BCUT2D eigenvalue weighted by molar-refractivity contribution is -0.144. The van der Waals surface area contributed by atoms with Crippen LogP contribution in [0.4, 0.5) is 0 Å². The normalized spacial score (nSPS) is 34.1. The Bertz CT molecular complexity index is 567. The number of aliphatic hydroxyl groups excluding tert-OH is 1. The van der Waals surface area contributed by atoms with Crippen molar-refractivity contribution >= 4 is 11.8 Å². The summed E-state index contributed by atoms with van der Waals surface area (Å²) in [6.07, 6.45) is 10.8. The van der Waals surface area contributed by atoms with Crippen molar-refractivity contribution in [3.63, 3.8) is 0 Å². The lowest BCUT2D eigenvalue weighted by Gasteiger charge is -2.41. The summed E-state index contributed by atoms with van der Waals surface area (Å²) >= 11 is 0. The summed E-state index contributed by atoms with van der Waals surface area (Å²) in [6.45, 7) is 10.4. The Morgan fingerprint density at radius 1 is 1.28 bits per heavy atom. The molecule has 0 heterocycles. The molecule has 0 aromatic rings. The van der Waals surface area contributed by atoms with Crippen molar-refractivity contribution in [2.45, 2.75) is 98.2 Å².